The predicted octanol–water partition coefficient (Wildman–Crippen LogP) is 5.56. The summed E-state index contributed by atoms with van der Waals surface area (Å²) in [5.41, 5.74) is 0. The molecule has 0 saturated heterocycles. The fourth-order valence-electron chi connectivity index (χ4n) is 1.88. The summed E-state index contributed by atoms with van der Waals surface area (Å²) in [4.78, 5) is 13.1. The van der Waals surface area contributed by atoms with Crippen LogP contribution in [-0.2, 0) is 10.5 Å². The lowest BCUT2D eigenvalue weighted by Crippen LogP contribution is -2.08. The molecule has 0 spiro atoms. The number of nitrogens with zero attached hydrogens (tertiary/aromatic N) is 3. The molecule has 0 aliphatic heterocycles. The average Bonchev–Trinajstić information content (AvgIpc) is 3.36. The number of aldehydes is 1. The minimum absolute atomic E-state index is 0.554. The number of aromatic nitrogens is 2. The highest BCUT2D eigenvalue weighted by Gasteiger charge is 2.03. The van der Waals surface area contributed by atoms with Gasteiger partial charge in [0.05, 0.1) is 12.4 Å². The Balaban J connectivity index is 0. The lowest BCUT2D eigenvalue weighted by Gasteiger charge is -2.04. The Kier molecular flexibility index (Phi) is 27.3. The van der Waals surface area contributed by atoms with E-state index in [1.54, 1.807) is 17.8 Å². The number of thioether (sulfide) groups is 1. The van der Waals surface area contributed by atoms with Crippen molar-refractivity contribution in [2.45, 2.75) is 39.9 Å². The van der Waals surface area contributed by atoms with E-state index in [4.69, 9.17) is 13.9 Å². The van der Waals surface area contributed by atoms with E-state index in [1.165, 1.54) is 6.08 Å². The van der Waals surface area contributed by atoms with Crippen LogP contribution < -0.4 is 15.4 Å². The number of allylic oxidation sites excluding steroid dienone is 2. The molecule has 9 heteroatoms. The predicted molar refractivity (Wildman–Crippen MR) is 155 cm³/mol. The van der Waals surface area contributed by atoms with Crippen LogP contribution in [0.2, 0.25) is 0 Å². The molecule has 0 bridgehead atoms. The summed E-state index contributed by atoms with van der Waals surface area (Å²) in [6, 6.07) is 9.80. The number of hydrogen-bond acceptors (Lipinski definition) is 9. The van der Waals surface area contributed by atoms with E-state index < -0.39 is 0 Å². The third-order valence-corrected chi connectivity index (χ3v) is 4.42. The Morgan fingerprint density at radius 2 is 1.86 bits per heavy atom. The molecule has 0 unspecified atom stereocenters. The SMILES string of the molecule is C/C=C/c1nnc(CSCCOc2ccccc2)o1.C=C(/N=C\CC)NCC.C=CC=O.CCNC. The topological polar surface area (TPSA) is 102 Å². The zero-order valence-corrected chi connectivity index (χ0v) is 23.2. The first-order chi connectivity index (χ1) is 17.5. The second-order valence-corrected chi connectivity index (χ2v) is 7.63. The third-order valence-electron chi connectivity index (χ3n) is 3.52. The Morgan fingerprint density at radius 1 is 1.19 bits per heavy atom. The molecule has 2 rings (SSSR count). The molecule has 0 saturated carbocycles. The number of ether oxygens (including phenoxy) is 1. The van der Waals surface area contributed by atoms with E-state index >= 15 is 0 Å². The van der Waals surface area contributed by atoms with Crippen LogP contribution in [0.5, 0.6) is 5.75 Å². The monoisotopic (exact) mass is 517 g/mol. The highest BCUT2D eigenvalue weighted by molar-refractivity contribution is 7.98. The van der Waals surface area contributed by atoms with Crippen molar-refractivity contribution in [3.05, 3.63) is 73.2 Å². The van der Waals surface area contributed by atoms with Gasteiger partial charge in [-0.05, 0) is 58.1 Å². The molecule has 8 nitrogen and oxygen atoms in total. The zero-order chi connectivity index (χ0) is 27.3. The van der Waals surface area contributed by atoms with Crippen LogP contribution in [0.15, 0.2) is 70.9 Å². The number of benzene rings is 1. The van der Waals surface area contributed by atoms with E-state index in [2.05, 4.69) is 45.9 Å². The van der Waals surface area contributed by atoms with Gasteiger partial charge in [0.1, 0.15) is 17.9 Å². The fourth-order valence-corrected chi connectivity index (χ4v) is 2.52. The van der Waals surface area contributed by atoms with Gasteiger partial charge in [-0.2, -0.15) is 0 Å². The molecule has 0 radical (unpaired) electrons. The van der Waals surface area contributed by atoms with Crippen molar-refractivity contribution in [2.24, 2.45) is 4.99 Å². The minimum atomic E-state index is 0.554. The lowest BCUT2D eigenvalue weighted by atomic mass is 10.3. The first-order valence-corrected chi connectivity index (χ1v) is 13.0. The summed E-state index contributed by atoms with van der Waals surface area (Å²) in [6.45, 7) is 17.5. The number of para-hydroxylation sites is 1. The van der Waals surface area contributed by atoms with Crippen LogP contribution in [0.3, 0.4) is 0 Å². The lowest BCUT2D eigenvalue weighted by molar-refractivity contribution is -0.104. The average molecular weight is 518 g/mol. The van der Waals surface area contributed by atoms with Gasteiger partial charge >= 0.3 is 0 Å². The van der Waals surface area contributed by atoms with Crippen LogP contribution in [0.4, 0.5) is 0 Å². The zero-order valence-electron chi connectivity index (χ0n) is 22.4. The smallest absolute Gasteiger partial charge is 0.240 e. The molecule has 0 aliphatic rings. The number of carbonyl (C=O) groups excluding carboxylic acids is 1. The molecule has 0 atom stereocenters. The number of carbonyl (C=O) groups is 1. The van der Waals surface area contributed by atoms with Gasteiger partial charge in [-0.15, -0.1) is 22.0 Å². The Labute approximate surface area is 221 Å². The van der Waals surface area contributed by atoms with Crippen molar-refractivity contribution in [1.29, 1.82) is 0 Å². The molecule has 2 aromatic rings. The van der Waals surface area contributed by atoms with Gasteiger partial charge in [0.25, 0.3) is 0 Å². The van der Waals surface area contributed by atoms with Crippen LogP contribution >= 0.6 is 11.8 Å². The Bertz CT molecular complexity index is 831. The molecular formula is C27H43N5O3S. The first-order valence-electron chi connectivity index (χ1n) is 11.9. The molecule has 2 N–H and O–H groups in total. The van der Waals surface area contributed by atoms with Crippen molar-refractivity contribution in [2.75, 3.05) is 32.5 Å². The summed E-state index contributed by atoms with van der Waals surface area (Å²) in [7, 11) is 1.93. The molecule has 0 aliphatic carbocycles. The van der Waals surface area contributed by atoms with Gasteiger partial charge < -0.3 is 19.8 Å². The maximum absolute atomic E-state index is 9.06. The molecule has 0 amide bonds. The maximum Gasteiger partial charge on any atom is 0.240 e. The first kappa shape index (κ1) is 35.0. The van der Waals surface area contributed by atoms with Gasteiger partial charge in [0, 0.05) is 18.5 Å². The molecule has 1 aromatic carbocycles. The van der Waals surface area contributed by atoms with Gasteiger partial charge in [0.2, 0.25) is 11.8 Å². The fraction of sp³-hybridized carbons (Fsp3) is 0.407. The normalized spacial score (nSPS) is 9.69. The van der Waals surface area contributed by atoms with E-state index in [1.807, 2.05) is 70.4 Å². The Morgan fingerprint density at radius 3 is 2.39 bits per heavy atom. The Hall–Kier alpha value is -3.17. The van der Waals surface area contributed by atoms with Crippen molar-refractivity contribution in [3.63, 3.8) is 0 Å². The second-order valence-electron chi connectivity index (χ2n) is 6.52. The van der Waals surface area contributed by atoms with Crippen molar-refractivity contribution < 1.29 is 13.9 Å². The van der Waals surface area contributed by atoms with Crippen LogP contribution in [0.25, 0.3) is 6.08 Å². The van der Waals surface area contributed by atoms with Crippen molar-refractivity contribution >= 4 is 30.3 Å². The van der Waals surface area contributed by atoms with Crippen molar-refractivity contribution in [3.8, 4) is 5.75 Å². The third kappa shape index (κ3) is 24.0. The van der Waals surface area contributed by atoms with Gasteiger partial charge in [-0.1, -0.05) is 51.3 Å². The summed E-state index contributed by atoms with van der Waals surface area (Å²) >= 11 is 1.71. The molecular weight excluding hydrogens is 474 g/mol. The quantitative estimate of drug-likeness (QED) is 0.154. The summed E-state index contributed by atoms with van der Waals surface area (Å²) in [5.74, 6) is 4.45. The molecule has 200 valence electrons. The van der Waals surface area contributed by atoms with Gasteiger partial charge in [-0.3, -0.25) is 4.79 Å². The summed E-state index contributed by atoms with van der Waals surface area (Å²) < 4.78 is 11.0. The molecule has 0 fully saturated rings. The standard InChI is InChI=1S/C14H16N2O2S.C7H14N2.C3H9N.C3H4O/c1-2-6-13-15-16-14(18-13)11-19-10-9-17-12-7-4-3-5-8-12;1-4-6-9-7(3)8-5-2;1-3-4-2;1-2-3-4/h2-8H,9-11H2,1H3;6,8H,3-5H2,1-2H3;4H,3H2,1-2H3;2-3H,1H2/b6-2+;9-6-;;. The van der Waals surface area contributed by atoms with Crippen molar-refractivity contribution in [1.82, 2.24) is 20.8 Å². The number of nitrogens with one attached hydrogen (secondary N) is 2. The number of rotatable bonds is 13. The number of aliphatic imine (C=N–C) groups is 1. The van der Waals surface area contributed by atoms with Crippen LogP contribution in [0.1, 0.15) is 45.9 Å². The van der Waals surface area contributed by atoms with E-state index in [0.717, 1.165) is 36.8 Å². The number of hydrogen-bond donors (Lipinski definition) is 2. The summed E-state index contributed by atoms with van der Waals surface area (Å²) in [5, 5.41) is 13.8. The molecule has 1 aromatic heterocycles. The van der Waals surface area contributed by atoms with Crippen LogP contribution in [0, 0.1) is 0 Å². The van der Waals surface area contributed by atoms with Gasteiger partial charge in [-0.25, -0.2) is 4.99 Å². The highest BCUT2D eigenvalue weighted by Crippen LogP contribution is 2.13. The van der Waals surface area contributed by atoms with Gasteiger partial charge in [0.15, 0.2) is 0 Å². The molecule has 36 heavy (non-hydrogen) atoms. The largest absolute Gasteiger partial charge is 0.493 e. The van der Waals surface area contributed by atoms with E-state index in [9.17, 15) is 0 Å². The van der Waals surface area contributed by atoms with E-state index in [0.29, 0.717) is 30.4 Å². The van der Waals surface area contributed by atoms with Crippen LogP contribution in [-0.4, -0.2) is 55.2 Å². The summed E-state index contributed by atoms with van der Waals surface area (Å²) in [6.07, 6.45) is 8.30. The second kappa shape index (κ2) is 28.1. The molecule has 1 heterocycles. The van der Waals surface area contributed by atoms with E-state index in [-0.39, 0.29) is 0 Å². The maximum atomic E-state index is 9.06. The highest BCUT2D eigenvalue weighted by atomic mass is 32.2. The minimum Gasteiger partial charge on any atom is -0.493 e.